The van der Waals surface area contributed by atoms with Gasteiger partial charge in [0, 0.05) is 18.6 Å². The maximum atomic E-state index is 11.9. The van der Waals surface area contributed by atoms with Gasteiger partial charge in [-0.15, -0.1) is 0 Å². The smallest absolute Gasteiger partial charge is 0.326 e. The highest BCUT2D eigenvalue weighted by Crippen LogP contribution is 2.06. The molecule has 0 saturated heterocycles. The number of carbonyl (C=O) groups is 2. The number of carboxylic acids is 1. The number of hydrogen-bond donors (Lipinski definition) is 2. The fraction of sp³-hybridized carbons (Fsp3) is 0.231. The molecular formula is C13H14N4O3. The van der Waals surface area contributed by atoms with E-state index in [9.17, 15) is 9.59 Å². The normalized spacial score (nSPS) is 11.8. The van der Waals surface area contributed by atoms with Crippen molar-refractivity contribution in [1.29, 1.82) is 0 Å². The van der Waals surface area contributed by atoms with Gasteiger partial charge in [0.25, 0.3) is 5.91 Å². The molecule has 0 bridgehead atoms. The van der Waals surface area contributed by atoms with Crippen LogP contribution in [-0.4, -0.2) is 37.6 Å². The molecule has 0 spiro atoms. The van der Waals surface area contributed by atoms with Crippen LogP contribution in [0.2, 0.25) is 0 Å². The summed E-state index contributed by atoms with van der Waals surface area (Å²) in [6, 6.07) is 2.36. The van der Waals surface area contributed by atoms with E-state index in [2.05, 4.69) is 15.3 Å². The molecule has 20 heavy (non-hydrogen) atoms. The Kier molecular flexibility index (Phi) is 4.09. The topological polar surface area (TPSA) is 97.1 Å². The zero-order valence-corrected chi connectivity index (χ0v) is 10.9. The third-order valence-electron chi connectivity index (χ3n) is 2.79. The Balaban J connectivity index is 2.10. The van der Waals surface area contributed by atoms with Gasteiger partial charge in [-0.3, -0.25) is 9.36 Å². The van der Waals surface area contributed by atoms with Crippen molar-refractivity contribution in [2.45, 2.75) is 19.4 Å². The molecule has 0 aliphatic rings. The highest BCUT2D eigenvalue weighted by Gasteiger charge is 2.18. The highest BCUT2D eigenvalue weighted by molar-refractivity contribution is 5.96. The molecule has 1 amide bonds. The minimum atomic E-state index is -1.05. The van der Waals surface area contributed by atoms with Gasteiger partial charge in [-0.2, -0.15) is 0 Å². The molecule has 2 aromatic rings. The number of rotatable bonds is 5. The summed E-state index contributed by atoms with van der Waals surface area (Å²) in [5.41, 5.74) is 0.313. The summed E-state index contributed by atoms with van der Waals surface area (Å²) in [7, 11) is 0. The Morgan fingerprint density at radius 1 is 1.45 bits per heavy atom. The Labute approximate surface area is 115 Å². The molecule has 1 atom stereocenters. The average molecular weight is 274 g/mol. The first kappa shape index (κ1) is 13.7. The van der Waals surface area contributed by atoms with Crippen LogP contribution < -0.4 is 5.32 Å². The minimum absolute atomic E-state index is 0.313. The maximum Gasteiger partial charge on any atom is 0.326 e. The summed E-state index contributed by atoms with van der Waals surface area (Å²) in [4.78, 5) is 30.8. The zero-order valence-electron chi connectivity index (χ0n) is 10.9. The van der Waals surface area contributed by atoms with Crippen LogP contribution in [0.3, 0.4) is 0 Å². The van der Waals surface area contributed by atoms with Crippen molar-refractivity contribution in [2.75, 3.05) is 0 Å². The highest BCUT2D eigenvalue weighted by atomic mass is 16.4. The number of imidazole rings is 1. The van der Waals surface area contributed by atoms with Gasteiger partial charge >= 0.3 is 5.97 Å². The van der Waals surface area contributed by atoms with Crippen LogP contribution in [-0.2, 0) is 4.79 Å². The summed E-state index contributed by atoms with van der Waals surface area (Å²) in [5, 5.41) is 11.3. The van der Waals surface area contributed by atoms with E-state index in [1.54, 1.807) is 42.3 Å². The molecule has 7 heteroatoms. The number of aliphatic carboxylic acids is 1. The van der Waals surface area contributed by atoms with Gasteiger partial charge < -0.3 is 10.4 Å². The molecule has 0 fully saturated rings. The Morgan fingerprint density at radius 2 is 2.25 bits per heavy atom. The number of nitrogens with one attached hydrogen (secondary N) is 1. The molecule has 0 aliphatic heterocycles. The largest absolute Gasteiger partial charge is 0.480 e. The second kappa shape index (κ2) is 5.96. The first-order valence-electron chi connectivity index (χ1n) is 6.10. The molecule has 2 aromatic heterocycles. The van der Waals surface area contributed by atoms with Crippen LogP contribution in [0.5, 0.6) is 0 Å². The van der Waals surface area contributed by atoms with Crippen LogP contribution in [0.25, 0.3) is 5.82 Å². The number of nitrogens with zero attached hydrogens (tertiary/aromatic N) is 3. The second-order valence-electron chi connectivity index (χ2n) is 4.15. The molecular weight excluding hydrogens is 260 g/mol. The van der Waals surface area contributed by atoms with Crippen molar-refractivity contribution >= 4 is 11.9 Å². The van der Waals surface area contributed by atoms with Crippen molar-refractivity contribution < 1.29 is 14.7 Å². The lowest BCUT2D eigenvalue weighted by Crippen LogP contribution is -2.40. The summed E-state index contributed by atoms with van der Waals surface area (Å²) in [6.07, 6.45) is 6.68. The number of hydrogen-bond acceptors (Lipinski definition) is 4. The molecule has 0 aliphatic carbocycles. The van der Waals surface area contributed by atoms with Gasteiger partial charge in [0.15, 0.2) is 0 Å². The maximum absolute atomic E-state index is 11.9. The number of aromatic nitrogens is 3. The molecule has 2 N–H and O–H groups in total. The molecule has 0 unspecified atom stereocenters. The lowest BCUT2D eigenvalue weighted by Gasteiger charge is -2.12. The summed E-state index contributed by atoms with van der Waals surface area (Å²) < 4.78 is 1.70. The standard InChI is InChI=1S/C13H14N4O3/c1-2-10(13(19)20)16-12(18)9-3-4-11(15-7-9)17-6-5-14-8-17/h3-8,10H,2H2,1H3,(H,16,18)(H,19,20)/t10-/m0/s1. The summed E-state index contributed by atoms with van der Waals surface area (Å²) in [5.74, 6) is -0.878. The Morgan fingerprint density at radius 3 is 2.75 bits per heavy atom. The van der Waals surface area contributed by atoms with E-state index < -0.39 is 17.9 Å². The molecule has 2 rings (SSSR count). The van der Waals surface area contributed by atoms with E-state index in [-0.39, 0.29) is 0 Å². The first-order valence-corrected chi connectivity index (χ1v) is 6.10. The molecule has 0 radical (unpaired) electrons. The van der Waals surface area contributed by atoms with Crippen molar-refractivity contribution in [1.82, 2.24) is 19.9 Å². The Hall–Kier alpha value is -2.70. The third-order valence-corrected chi connectivity index (χ3v) is 2.79. The summed E-state index contributed by atoms with van der Waals surface area (Å²) in [6.45, 7) is 1.69. The predicted octanol–water partition coefficient (Wildman–Crippen LogP) is 0.860. The van der Waals surface area contributed by atoms with Gasteiger partial charge in [-0.1, -0.05) is 6.92 Å². The molecule has 0 aromatic carbocycles. The van der Waals surface area contributed by atoms with Crippen LogP contribution in [0.1, 0.15) is 23.7 Å². The van der Waals surface area contributed by atoms with E-state index in [1.165, 1.54) is 6.20 Å². The van der Waals surface area contributed by atoms with Gasteiger partial charge in [-0.05, 0) is 18.6 Å². The van der Waals surface area contributed by atoms with Crippen molar-refractivity contribution in [3.8, 4) is 5.82 Å². The monoisotopic (exact) mass is 274 g/mol. The van der Waals surface area contributed by atoms with Gasteiger partial charge in [0.2, 0.25) is 0 Å². The lowest BCUT2D eigenvalue weighted by molar-refractivity contribution is -0.139. The minimum Gasteiger partial charge on any atom is -0.480 e. The second-order valence-corrected chi connectivity index (χ2v) is 4.15. The Bertz CT molecular complexity index is 593. The predicted molar refractivity (Wildman–Crippen MR) is 70.5 cm³/mol. The van der Waals surface area contributed by atoms with Gasteiger partial charge in [0.05, 0.1) is 5.56 Å². The van der Waals surface area contributed by atoms with Gasteiger partial charge in [-0.25, -0.2) is 14.8 Å². The molecule has 2 heterocycles. The van der Waals surface area contributed by atoms with E-state index in [0.29, 0.717) is 17.8 Å². The number of amides is 1. The number of carboxylic acid groups (broad SMARTS) is 1. The zero-order chi connectivity index (χ0) is 14.5. The van der Waals surface area contributed by atoms with Crippen LogP contribution >= 0.6 is 0 Å². The quantitative estimate of drug-likeness (QED) is 0.842. The first-order chi connectivity index (χ1) is 9.61. The van der Waals surface area contributed by atoms with E-state index in [1.807, 2.05) is 0 Å². The van der Waals surface area contributed by atoms with Gasteiger partial charge in [0.1, 0.15) is 18.2 Å². The fourth-order valence-electron chi connectivity index (χ4n) is 1.65. The van der Waals surface area contributed by atoms with Crippen LogP contribution in [0, 0.1) is 0 Å². The molecule has 7 nitrogen and oxygen atoms in total. The van der Waals surface area contributed by atoms with Crippen molar-refractivity contribution in [2.24, 2.45) is 0 Å². The van der Waals surface area contributed by atoms with E-state index >= 15 is 0 Å². The lowest BCUT2D eigenvalue weighted by atomic mass is 10.2. The molecule has 104 valence electrons. The average Bonchev–Trinajstić information content (AvgIpc) is 2.98. The summed E-state index contributed by atoms with van der Waals surface area (Å²) >= 11 is 0. The van der Waals surface area contributed by atoms with Crippen molar-refractivity contribution in [3.63, 3.8) is 0 Å². The van der Waals surface area contributed by atoms with E-state index in [0.717, 1.165) is 0 Å². The van der Waals surface area contributed by atoms with Crippen LogP contribution in [0.4, 0.5) is 0 Å². The van der Waals surface area contributed by atoms with Crippen molar-refractivity contribution in [3.05, 3.63) is 42.6 Å². The molecule has 0 saturated carbocycles. The number of pyridine rings is 1. The number of carbonyl (C=O) groups excluding carboxylic acids is 1. The fourth-order valence-corrected chi connectivity index (χ4v) is 1.65. The van der Waals surface area contributed by atoms with E-state index in [4.69, 9.17) is 5.11 Å². The SMILES string of the molecule is CC[C@H](NC(=O)c1ccc(-n2ccnc2)nc1)C(=O)O. The van der Waals surface area contributed by atoms with Crippen LogP contribution in [0.15, 0.2) is 37.1 Å². The third kappa shape index (κ3) is 3.00.